The van der Waals surface area contributed by atoms with Crippen molar-refractivity contribution < 1.29 is 14.3 Å². The zero-order valence-corrected chi connectivity index (χ0v) is 15.7. The average Bonchev–Trinajstić information content (AvgIpc) is 3.16. The van der Waals surface area contributed by atoms with Crippen LogP contribution in [0, 0.1) is 0 Å². The molecule has 1 amide bonds. The van der Waals surface area contributed by atoms with E-state index in [1.54, 1.807) is 0 Å². The van der Waals surface area contributed by atoms with Gasteiger partial charge in [0.05, 0.1) is 12.6 Å². The van der Waals surface area contributed by atoms with Crippen LogP contribution in [0.25, 0.3) is 0 Å². The van der Waals surface area contributed by atoms with Gasteiger partial charge in [0.2, 0.25) is 5.91 Å². The van der Waals surface area contributed by atoms with Gasteiger partial charge in [0.25, 0.3) is 0 Å². The van der Waals surface area contributed by atoms with Crippen molar-refractivity contribution in [2.24, 2.45) is 0 Å². The largest absolute Gasteiger partial charge is 0.486 e. The van der Waals surface area contributed by atoms with Gasteiger partial charge in [-0.2, -0.15) is 0 Å². The fraction of sp³-hybridized carbons (Fsp3) is 0.409. The van der Waals surface area contributed by atoms with Gasteiger partial charge in [-0.05, 0) is 49.6 Å². The van der Waals surface area contributed by atoms with Gasteiger partial charge in [-0.1, -0.05) is 36.4 Å². The highest BCUT2D eigenvalue weighted by Gasteiger charge is 2.29. The molecule has 4 rings (SSSR count). The molecule has 0 saturated carbocycles. The first-order chi connectivity index (χ1) is 13.2. The van der Waals surface area contributed by atoms with E-state index in [9.17, 15) is 4.79 Å². The predicted molar refractivity (Wildman–Crippen MR) is 104 cm³/mol. The number of nitrogens with one attached hydrogen (secondary N) is 1. The molecule has 2 atom stereocenters. The quantitative estimate of drug-likeness (QED) is 0.880. The lowest BCUT2D eigenvalue weighted by molar-refractivity contribution is -0.123. The van der Waals surface area contributed by atoms with Crippen LogP contribution in [0.2, 0.25) is 0 Å². The van der Waals surface area contributed by atoms with Gasteiger partial charge >= 0.3 is 0 Å². The molecule has 142 valence electrons. The Morgan fingerprint density at radius 2 is 1.93 bits per heavy atom. The van der Waals surface area contributed by atoms with Crippen LogP contribution in [0.4, 0.5) is 0 Å². The maximum Gasteiger partial charge on any atom is 0.234 e. The molecule has 1 fully saturated rings. The van der Waals surface area contributed by atoms with Gasteiger partial charge in [-0.3, -0.25) is 9.69 Å². The zero-order chi connectivity index (χ0) is 18.6. The van der Waals surface area contributed by atoms with Crippen molar-refractivity contribution >= 4 is 5.91 Å². The molecule has 0 radical (unpaired) electrons. The summed E-state index contributed by atoms with van der Waals surface area (Å²) >= 11 is 0. The lowest BCUT2D eigenvalue weighted by Crippen LogP contribution is -2.38. The molecule has 2 heterocycles. The minimum absolute atomic E-state index is 0.00838. The monoisotopic (exact) mass is 366 g/mol. The predicted octanol–water partition coefficient (Wildman–Crippen LogP) is 3.47. The summed E-state index contributed by atoms with van der Waals surface area (Å²) in [5.74, 6) is 1.69. The molecule has 0 aromatic heterocycles. The molecule has 5 heteroatoms. The molecule has 0 bridgehead atoms. The van der Waals surface area contributed by atoms with E-state index in [4.69, 9.17) is 9.47 Å². The molecule has 0 spiro atoms. The van der Waals surface area contributed by atoms with Crippen LogP contribution in [-0.4, -0.2) is 37.1 Å². The number of likely N-dealkylation sites (tertiary alicyclic amines) is 1. The van der Waals surface area contributed by atoms with E-state index in [0.717, 1.165) is 36.4 Å². The topological polar surface area (TPSA) is 50.8 Å². The Morgan fingerprint density at radius 3 is 2.74 bits per heavy atom. The summed E-state index contributed by atoms with van der Waals surface area (Å²) in [6.45, 7) is 4.56. The second-order valence-corrected chi connectivity index (χ2v) is 7.23. The fourth-order valence-electron chi connectivity index (χ4n) is 3.96. The Kier molecular flexibility index (Phi) is 5.30. The smallest absolute Gasteiger partial charge is 0.234 e. The van der Waals surface area contributed by atoms with Crippen LogP contribution in [0.15, 0.2) is 48.5 Å². The number of hydrogen-bond acceptors (Lipinski definition) is 4. The Balaban J connectivity index is 1.40. The van der Waals surface area contributed by atoms with E-state index in [1.165, 1.54) is 5.56 Å². The van der Waals surface area contributed by atoms with E-state index >= 15 is 0 Å². The summed E-state index contributed by atoms with van der Waals surface area (Å²) in [6.07, 6.45) is 2.15. The van der Waals surface area contributed by atoms with Crippen molar-refractivity contribution in [1.82, 2.24) is 10.2 Å². The van der Waals surface area contributed by atoms with Gasteiger partial charge < -0.3 is 14.8 Å². The van der Waals surface area contributed by atoms with Crippen LogP contribution in [-0.2, 0) is 4.79 Å². The van der Waals surface area contributed by atoms with Crippen molar-refractivity contribution in [3.8, 4) is 11.5 Å². The standard InChI is InChI=1S/C22H26N2O3/c1-16(17-6-3-2-4-7-17)23-22(25)15-24-11-5-8-19(24)18-9-10-20-21(14-18)27-13-12-26-20/h2-4,6-7,9-10,14,16,19H,5,8,11-13,15H2,1H3,(H,23,25). The first-order valence-corrected chi connectivity index (χ1v) is 9.68. The second-order valence-electron chi connectivity index (χ2n) is 7.23. The molecule has 2 aliphatic rings. The maximum absolute atomic E-state index is 12.6. The Bertz CT molecular complexity index is 793. The summed E-state index contributed by atoms with van der Waals surface area (Å²) in [5, 5.41) is 3.12. The van der Waals surface area contributed by atoms with Gasteiger partial charge in [-0.15, -0.1) is 0 Å². The van der Waals surface area contributed by atoms with E-state index < -0.39 is 0 Å². The number of carbonyl (C=O) groups excluding carboxylic acids is 1. The van der Waals surface area contributed by atoms with Crippen LogP contribution < -0.4 is 14.8 Å². The lowest BCUT2D eigenvalue weighted by Gasteiger charge is -2.26. The Hall–Kier alpha value is -2.53. The molecule has 2 aromatic rings. The highest BCUT2D eigenvalue weighted by atomic mass is 16.6. The van der Waals surface area contributed by atoms with Crippen LogP contribution in [0.3, 0.4) is 0 Å². The summed E-state index contributed by atoms with van der Waals surface area (Å²) in [4.78, 5) is 14.9. The number of ether oxygens (including phenoxy) is 2. The van der Waals surface area contributed by atoms with Crippen LogP contribution in [0.1, 0.15) is 43.0 Å². The molecular weight excluding hydrogens is 340 g/mol. The number of hydrogen-bond donors (Lipinski definition) is 1. The minimum Gasteiger partial charge on any atom is -0.486 e. The zero-order valence-electron chi connectivity index (χ0n) is 15.7. The van der Waals surface area contributed by atoms with Gasteiger partial charge in [0, 0.05) is 6.04 Å². The molecule has 2 aliphatic heterocycles. The molecule has 2 unspecified atom stereocenters. The first-order valence-electron chi connectivity index (χ1n) is 9.68. The van der Waals surface area contributed by atoms with Crippen molar-refractivity contribution in [2.45, 2.75) is 31.8 Å². The number of fused-ring (bicyclic) bond motifs is 1. The molecule has 5 nitrogen and oxygen atoms in total. The normalized spacial score (nSPS) is 20.3. The minimum atomic E-state index is 0.00838. The Labute approximate surface area is 160 Å². The van der Waals surface area contributed by atoms with Crippen molar-refractivity contribution in [3.63, 3.8) is 0 Å². The van der Waals surface area contributed by atoms with E-state index in [1.807, 2.05) is 43.3 Å². The molecule has 1 saturated heterocycles. The van der Waals surface area contributed by atoms with Gasteiger partial charge in [-0.25, -0.2) is 0 Å². The average molecular weight is 366 g/mol. The Morgan fingerprint density at radius 1 is 1.15 bits per heavy atom. The number of carbonyl (C=O) groups is 1. The number of nitrogens with zero attached hydrogens (tertiary/aromatic N) is 1. The van der Waals surface area contributed by atoms with Crippen molar-refractivity contribution in [1.29, 1.82) is 0 Å². The number of amides is 1. The number of benzene rings is 2. The van der Waals surface area contributed by atoms with E-state index in [0.29, 0.717) is 19.8 Å². The highest BCUT2D eigenvalue weighted by Crippen LogP contribution is 2.37. The highest BCUT2D eigenvalue weighted by molar-refractivity contribution is 5.78. The molecule has 1 N–H and O–H groups in total. The van der Waals surface area contributed by atoms with Crippen LogP contribution in [0.5, 0.6) is 11.5 Å². The molecule has 0 aliphatic carbocycles. The maximum atomic E-state index is 12.6. The molecule has 27 heavy (non-hydrogen) atoms. The first kappa shape index (κ1) is 17.9. The molecular formula is C22H26N2O3. The fourth-order valence-corrected chi connectivity index (χ4v) is 3.96. The molecule has 2 aromatic carbocycles. The number of rotatable bonds is 5. The summed E-state index contributed by atoms with van der Waals surface area (Å²) in [5.41, 5.74) is 2.32. The van der Waals surface area contributed by atoms with Crippen LogP contribution >= 0.6 is 0 Å². The van der Waals surface area contributed by atoms with E-state index in [-0.39, 0.29) is 18.0 Å². The van der Waals surface area contributed by atoms with E-state index in [2.05, 4.69) is 22.3 Å². The summed E-state index contributed by atoms with van der Waals surface area (Å²) in [7, 11) is 0. The third kappa shape index (κ3) is 4.08. The summed E-state index contributed by atoms with van der Waals surface area (Å²) in [6, 6.07) is 16.5. The third-order valence-corrected chi connectivity index (χ3v) is 5.34. The third-order valence-electron chi connectivity index (χ3n) is 5.34. The van der Waals surface area contributed by atoms with Gasteiger partial charge in [0.15, 0.2) is 11.5 Å². The van der Waals surface area contributed by atoms with Crippen molar-refractivity contribution in [2.75, 3.05) is 26.3 Å². The van der Waals surface area contributed by atoms with Crippen molar-refractivity contribution in [3.05, 3.63) is 59.7 Å². The lowest BCUT2D eigenvalue weighted by atomic mass is 10.0. The summed E-state index contributed by atoms with van der Waals surface area (Å²) < 4.78 is 11.3. The second kappa shape index (κ2) is 8.01. The SMILES string of the molecule is CC(NC(=O)CN1CCCC1c1ccc2c(c1)OCCO2)c1ccccc1. The van der Waals surface area contributed by atoms with Gasteiger partial charge in [0.1, 0.15) is 13.2 Å².